The summed E-state index contributed by atoms with van der Waals surface area (Å²) in [4.78, 5) is 0. The zero-order chi connectivity index (χ0) is 7.90. The molecule has 3 heteroatoms. The molecule has 0 bridgehead atoms. The lowest BCUT2D eigenvalue weighted by Crippen LogP contribution is -2.37. The fourth-order valence-electron chi connectivity index (χ4n) is 2.02. The van der Waals surface area contributed by atoms with Crippen LogP contribution < -0.4 is 5.73 Å². The predicted molar refractivity (Wildman–Crippen MR) is 42.5 cm³/mol. The molecule has 2 rings (SSSR count). The van der Waals surface area contributed by atoms with E-state index in [1.54, 1.807) is 0 Å². The summed E-state index contributed by atoms with van der Waals surface area (Å²) in [6.45, 7) is 1.61. The SMILES string of the molecule is N=C(N)[C@H]1CCOCC12CC2. The smallest absolute Gasteiger partial charge is 0.0944 e. The van der Waals surface area contributed by atoms with Crippen molar-refractivity contribution in [2.45, 2.75) is 19.3 Å². The van der Waals surface area contributed by atoms with Crippen LogP contribution in [0.3, 0.4) is 0 Å². The molecule has 0 unspecified atom stereocenters. The van der Waals surface area contributed by atoms with Crippen LogP contribution in [0, 0.1) is 16.7 Å². The summed E-state index contributed by atoms with van der Waals surface area (Å²) < 4.78 is 5.38. The predicted octanol–water partition coefficient (Wildman–Crippen LogP) is 0.739. The number of amidine groups is 1. The zero-order valence-corrected chi connectivity index (χ0v) is 6.60. The van der Waals surface area contributed by atoms with Crippen molar-refractivity contribution in [1.82, 2.24) is 0 Å². The molecule has 1 aliphatic carbocycles. The minimum atomic E-state index is 0.296. The molecular formula is C8H14N2O. The van der Waals surface area contributed by atoms with Crippen molar-refractivity contribution < 1.29 is 4.74 Å². The number of ether oxygens (including phenoxy) is 1. The fourth-order valence-corrected chi connectivity index (χ4v) is 2.02. The van der Waals surface area contributed by atoms with Gasteiger partial charge in [0.15, 0.2) is 0 Å². The van der Waals surface area contributed by atoms with Crippen LogP contribution in [-0.4, -0.2) is 19.0 Å². The molecule has 1 aliphatic heterocycles. The van der Waals surface area contributed by atoms with Crippen molar-refractivity contribution >= 4 is 5.84 Å². The minimum absolute atomic E-state index is 0.296. The van der Waals surface area contributed by atoms with Gasteiger partial charge in [0.25, 0.3) is 0 Å². The van der Waals surface area contributed by atoms with E-state index in [1.165, 1.54) is 12.8 Å². The van der Waals surface area contributed by atoms with Gasteiger partial charge in [0.1, 0.15) is 0 Å². The van der Waals surface area contributed by atoms with Gasteiger partial charge >= 0.3 is 0 Å². The van der Waals surface area contributed by atoms with Crippen LogP contribution in [0.5, 0.6) is 0 Å². The molecule has 0 aromatic rings. The monoisotopic (exact) mass is 154 g/mol. The summed E-state index contributed by atoms with van der Waals surface area (Å²) in [5.41, 5.74) is 5.81. The van der Waals surface area contributed by atoms with Crippen molar-refractivity contribution in [3.63, 3.8) is 0 Å². The van der Waals surface area contributed by atoms with Gasteiger partial charge in [-0.2, -0.15) is 0 Å². The summed E-state index contributed by atoms with van der Waals surface area (Å²) in [5.74, 6) is 0.682. The Morgan fingerprint density at radius 2 is 2.27 bits per heavy atom. The van der Waals surface area contributed by atoms with Crippen LogP contribution in [-0.2, 0) is 4.74 Å². The maximum absolute atomic E-state index is 7.41. The van der Waals surface area contributed by atoms with Gasteiger partial charge in [0.05, 0.1) is 12.4 Å². The summed E-state index contributed by atoms with van der Waals surface area (Å²) in [6.07, 6.45) is 3.36. The average molecular weight is 154 g/mol. The van der Waals surface area contributed by atoms with Gasteiger partial charge in [-0.1, -0.05) is 0 Å². The van der Waals surface area contributed by atoms with Crippen molar-refractivity contribution in [3.05, 3.63) is 0 Å². The van der Waals surface area contributed by atoms with E-state index in [0.717, 1.165) is 19.6 Å². The largest absolute Gasteiger partial charge is 0.387 e. The Balaban J connectivity index is 2.10. The van der Waals surface area contributed by atoms with Gasteiger partial charge in [-0.25, -0.2) is 0 Å². The van der Waals surface area contributed by atoms with Crippen molar-refractivity contribution in [3.8, 4) is 0 Å². The van der Waals surface area contributed by atoms with Crippen LogP contribution in [0.25, 0.3) is 0 Å². The molecule has 0 amide bonds. The Hall–Kier alpha value is -0.570. The number of hydrogen-bond acceptors (Lipinski definition) is 2. The van der Waals surface area contributed by atoms with Gasteiger partial charge < -0.3 is 10.5 Å². The second-order valence-electron chi connectivity index (χ2n) is 3.71. The first kappa shape index (κ1) is 7.10. The molecule has 0 radical (unpaired) electrons. The molecule has 62 valence electrons. The lowest BCUT2D eigenvalue weighted by atomic mass is 9.84. The summed E-state index contributed by atoms with van der Waals surface area (Å²) in [6, 6.07) is 0. The van der Waals surface area contributed by atoms with E-state index in [-0.39, 0.29) is 0 Å². The molecule has 1 atom stereocenters. The quantitative estimate of drug-likeness (QED) is 0.432. The third kappa shape index (κ3) is 1.03. The van der Waals surface area contributed by atoms with Gasteiger partial charge in [-0.3, -0.25) is 5.41 Å². The Morgan fingerprint density at radius 1 is 1.55 bits per heavy atom. The van der Waals surface area contributed by atoms with Gasteiger partial charge in [0, 0.05) is 17.9 Å². The Kier molecular flexibility index (Phi) is 1.42. The van der Waals surface area contributed by atoms with Gasteiger partial charge in [-0.15, -0.1) is 0 Å². The minimum Gasteiger partial charge on any atom is -0.387 e. The molecule has 11 heavy (non-hydrogen) atoms. The fraction of sp³-hybridized carbons (Fsp3) is 0.875. The van der Waals surface area contributed by atoms with Crippen LogP contribution in [0.4, 0.5) is 0 Å². The highest BCUT2D eigenvalue weighted by Crippen LogP contribution is 2.54. The number of rotatable bonds is 1. The molecular weight excluding hydrogens is 140 g/mol. The molecule has 1 spiro atoms. The maximum atomic E-state index is 7.41. The van der Waals surface area contributed by atoms with Crippen molar-refractivity contribution in [2.75, 3.05) is 13.2 Å². The standard InChI is InChI=1S/C8H14N2O/c9-7(10)6-1-4-11-5-8(6)2-3-8/h6H,1-5H2,(H3,9,10)/t6-/m1/s1. The van der Waals surface area contributed by atoms with E-state index < -0.39 is 0 Å². The molecule has 3 nitrogen and oxygen atoms in total. The first-order valence-electron chi connectivity index (χ1n) is 4.16. The molecule has 1 heterocycles. The number of nitrogens with two attached hydrogens (primary N) is 1. The van der Waals surface area contributed by atoms with Crippen LogP contribution in [0.15, 0.2) is 0 Å². The first-order valence-corrected chi connectivity index (χ1v) is 4.16. The summed E-state index contributed by atoms with van der Waals surface area (Å²) in [5, 5.41) is 7.41. The van der Waals surface area contributed by atoms with E-state index in [0.29, 0.717) is 17.2 Å². The highest BCUT2D eigenvalue weighted by Gasteiger charge is 2.52. The third-order valence-corrected chi connectivity index (χ3v) is 2.95. The normalized spacial score (nSPS) is 33.6. The van der Waals surface area contributed by atoms with Crippen LogP contribution in [0.2, 0.25) is 0 Å². The lowest BCUT2D eigenvalue weighted by molar-refractivity contribution is 0.0237. The zero-order valence-electron chi connectivity index (χ0n) is 6.60. The highest BCUT2D eigenvalue weighted by molar-refractivity contribution is 5.81. The molecule has 0 aromatic carbocycles. The van der Waals surface area contributed by atoms with E-state index in [4.69, 9.17) is 15.9 Å². The third-order valence-electron chi connectivity index (χ3n) is 2.95. The van der Waals surface area contributed by atoms with Crippen molar-refractivity contribution in [1.29, 1.82) is 5.41 Å². The lowest BCUT2D eigenvalue weighted by Gasteiger charge is -2.30. The van der Waals surface area contributed by atoms with Crippen LogP contribution >= 0.6 is 0 Å². The Bertz CT molecular complexity index is 187. The molecule has 2 aliphatic rings. The Labute approximate surface area is 66.4 Å². The first-order chi connectivity index (χ1) is 5.25. The number of nitrogens with one attached hydrogen (secondary N) is 1. The summed E-state index contributed by atoms with van der Waals surface area (Å²) >= 11 is 0. The van der Waals surface area contributed by atoms with Crippen molar-refractivity contribution in [2.24, 2.45) is 17.1 Å². The van der Waals surface area contributed by atoms with E-state index in [2.05, 4.69) is 0 Å². The van der Waals surface area contributed by atoms with E-state index in [1.807, 2.05) is 0 Å². The van der Waals surface area contributed by atoms with Crippen LogP contribution in [0.1, 0.15) is 19.3 Å². The van der Waals surface area contributed by atoms with E-state index in [9.17, 15) is 0 Å². The molecule has 1 saturated carbocycles. The second kappa shape index (κ2) is 2.21. The number of hydrogen-bond donors (Lipinski definition) is 2. The average Bonchev–Trinajstić information content (AvgIpc) is 2.70. The van der Waals surface area contributed by atoms with Gasteiger partial charge in [-0.05, 0) is 19.3 Å². The molecule has 1 saturated heterocycles. The van der Waals surface area contributed by atoms with Gasteiger partial charge in [0.2, 0.25) is 0 Å². The highest BCUT2D eigenvalue weighted by atomic mass is 16.5. The molecule has 2 fully saturated rings. The van der Waals surface area contributed by atoms with E-state index >= 15 is 0 Å². The Morgan fingerprint density at radius 3 is 2.73 bits per heavy atom. The topological polar surface area (TPSA) is 59.1 Å². The summed E-state index contributed by atoms with van der Waals surface area (Å²) in [7, 11) is 0. The molecule has 3 N–H and O–H groups in total. The molecule has 0 aromatic heterocycles. The second-order valence-corrected chi connectivity index (χ2v) is 3.71. The maximum Gasteiger partial charge on any atom is 0.0944 e.